The lowest BCUT2D eigenvalue weighted by Crippen LogP contribution is -2.51. The van der Waals surface area contributed by atoms with Crippen LogP contribution in [-0.2, 0) is 4.74 Å². The Balaban J connectivity index is 2.17. The van der Waals surface area contributed by atoms with Crippen LogP contribution < -0.4 is 5.73 Å². The lowest BCUT2D eigenvalue weighted by Gasteiger charge is -2.35. The Bertz CT molecular complexity index is 480. The summed E-state index contributed by atoms with van der Waals surface area (Å²) in [4.78, 5) is 14.3. The number of morpholine rings is 1. The molecule has 1 saturated heterocycles. The van der Waals surface area contributed by atoms with Crippen LogP contribution in [0.1, 0.15) is 17.3 Å². The highest BCUT2D eigenvalue weighted by Gasteiger charge is 2.28. The van der Waals surface area contributed by atoms with E-state index >= 15 is 0 Å². The number of carbonyl (C=O) groups is 1. The van der Waals surface area contributed by atoms with Gasteiger partial charge in [0.15, 0.2) is 0 Å². The van der Waals surface area contributed by atoms with Gasteiger partial charge in [-0.1, -0.05) is 15.9 Å². The monoisotopic (exact) mass is 390 g/mol. The minimum Gasteiger partial charge on any atom is -0.373 e. The Morgan fingerprint density at radius 3 is 2.95 bits per heavy atom. The van der Waals surface area contributed by atoms with Gasteiger partial charge in [-0.15, -0.1) is 0 Å². The van der Waals surface area contributed by atoms with Crippen LogP contribution in [0.15, 0.2) is 27.1 Å². The maximum absolute atomic E-state index is 12.5. The molecule has 1 aromatic carbocycles. The molecule has 2 atom stereocenters. The molecule has 104 valence electrons. The zero-order valence-electron chi connectivity index (χ0n) is 10.6. The summed E-state index contributed by atoms with van der Waals surface area (Å²) in [5.41, 5.74) is 6.49. The van der Waals surface area contributed by atoms with Crippen molar-refractivity contribution in [3.05, 3.63) is 32.7 Å². The molecule has 19 heavy (non-hydrogen) atoms. The lowest BCUT2D eigenvalue weighted by molar-refractivity contribution is -0.0300. The number of carbonyl (C=O) groups excluding carboxylic acids is 1. The fourth-order valence-electron chi connectivity index (χ4n) is 2.01. The summed E-state index contributed by atoms with van der Waals surface area (Å²) < 4.78 is 7.25. The summed E-state index contributed by atoms with van der Waals surface area (Å²) in [6.07, 6.45) is -0.0939. The highest BCUT2D eigenvalue weighted by Crippen LogP contribution is 2.23. The van der Waals surface area contributed by atoms with Gasteiger partial charge in [0.1, 0.15) is 0 Å². The molecule has 1 aliphatic heterocycles. The van der Waals surface area contributed by atoms with Crippen LogP contribution in [0, 0.1) is 0 Å². The molecule has 0 spiro atoms. The van der Waals surface area contributed by atoms with E-state index in [4.69, 9.17) is 10.5 Å². The van der Waals surface area contributed by atoms with E-state index in [0.717, 1.165) is 8.95 Å². The van der Waals surface area contributed by atoms with Crippen molar-refractivity contribution in [1.82, 2.24) is 4.90 Å². The number of nitrogens with zero attached hydrogens (tertiary/aromatic N) is 1. The minimum absolute atomic E-state index is 0.00197. The molecule has 0 aliphatic carbocycles. The van der Waals surface area contributed by atoms with Crippen molar-refractivity contribution in [2.24, 2.45) is 5.73 Å². The predicted molar refractivity (Wildman–Crippen MR) is 81.1 cm³/mol. The predicted octanol–water partition coefficient (Wildman–Crippen LogP) is 2.40. The number of rotatable bonds is 2. The van der Waals surface area contributed by atoms with Crippen molar-refractivity contribution >= 4 is 37.8 Å². The van der Waals surface area contributed by atoms with Crippen molar-refractivity contribution in [1.29, 1.82) is 0 Å². The van der Waals surface area contributed by atoms with Crippen LogP contribution >= 0.6 is 31.9 Å². The van der Waals surface area contributed by atoms with Crippen LogP contribution in [0.2, 0.25) is 0 Å². The molecular weight excluding hydrogens is 376 g/mol. The van der Waals surface area contributed by atoms with Gasteiger partial charge >= 0.3 is 0 Å². The van der Waals surface area contributed by atoms with Crippen molar-refractivity contribution in [3.8, 4) is 0 Å². The highest BCUT2D eigenvalue weighted by molar-refractivity contribution is 9.11. The average Bonchev–Trinajstić information content (AvgIpc) is 2.41. The third-order valence-electron chi connectivity index (χ3n) is 3.13. The van der Waals surface area contributed by atoms with E-state index in [0.29, 0.717) is 25.3 Å². The van der Waals surface area contributed by atoms with Crippen LogP contribution in [0.5, 0.6) is 0 Å². The maximum atomic E-state index is 12.5. The summed E-state index contributed by atoms with van der Waals surface area (Å²) in [6.45, 7) is 3.56. The Hall–Kier alpha value is -0.430. The largest absolute Gasteiger partial charge is 0.373 e. The third kappa shape index (κ3) is 3.56. The maximum Gasteiger partial charge on any atom is 0.255 e. The number of halogens is 2. The molecule has 2 unspecified atom stereocenters. The van der Waals surface area contributed by atoms with Gasteiger partial charge < -0.3 is 15.4 Å². The Morgan fingerprint density at radius 2 is 2.26 bits per heavy atom. The molecule has 1 aromatic rings. The zero-order chi connectivity index (χ0) is 14.0. The Morgan fingerprint density at radius 1 is 1.53 bits per heavy atom. The second-order valence-corrected chi connectivity index (χ2v) is 6.41. The van der Waals surface area contributed by atoms with Gasteiger partial charge in [0, 0.05) is 28.1 Å². The fourth-order valence-corrected chi connectivity index (χ4v) is 2.79. The van der Waals surface area contributed by atoms with E-state index in [1.807, 2.05) is 25.1 Å². The van der Waals surface area contributed by atoms with E-state index in [1.165, 1.54) is 0 Å². The molecule has 1 fully saturated rings. The Labute approximate surface area is 129 Å². The lowest BCUT2D eigenvalue weighted by atomic mass is 10.1. The van der Waals surface area contributed by atoms with Crippen molar-refractivity contribution < 1.29 is 9.53 Å². The number of hydrogen-bond donors (Lipinski definition) is 1. The van der Waals surface area contributed by atoms with Crippen molar-refractivity contribution in [2.45, 2.75) is 19.1 Å². The van der Waals surface area contributed by atoms with Gasteiger partial charge in [-0.2, -0.15) is 0 Å². The molecule has 2 rings (SSSR count). The van der Waals surface area contributed by atoms with Crippen LogP contribution in [-0.4, -0.2) is 42.6 Å². The van der Waals surface area contributed by atoms with E-state index in [2.05, 4.69) is 31.9 Å². The van der Waals surface area contributed by atoms with Crippen molar-refractivity contribution in [2.75, 3.05) is 19.7 Å². The van der Waals surface area contributed by atoms with Crippen LogP contribution in [0.3, 0.4) is 0 Å². The van der Waals surface area contributed by atoms with Gasteiger partial charge in [-0.25, -0.2) is 0 Å². The normalized spacial score (nSPS) is 21.3. The number of nitrogens with two attached hydrogens (primary N) is 1. The topological polar surface area (TPSA) is 55.6 Å². The molecule has 0 aromatic heterocycles. The first-order valence-corrected chi connectivity index (χ1v) is 7.69. The van der Waals surface area contributed by atoms with Crippen molar-refractivity contribution in [3.63, 3.8) is 0 Å². The van der Waals surface area contributed by atoms with Crippen LogP contribution in [0.4, 0.5) is 0 Å². The summed E-state index contributed by atoms with van der Waals surface area (Å²) in [5, 5.41) is 0. The molecule has 4 nitrogen and oxygen atoms in total. The number of amides is 1. The first kappa shape index (κ1) is 15.0. The minimum atomic E-state index is -0.0939. The van der Waals surface area contributed by atoms with E-state index < -0.39 is 0 Å². The van der Waals surface area contributed by atoms with E-state index in [9.17, 15) is 4.79 Å². The SMILES string of the molecule is CC(N)C1CN(C(=O)c2cc(Br)ccc2Br)CCO1. The summed E-state index contributed by atoms with van der Waals surface area (Å²) in [7, 11) is 0. The second-order valence-electron chi connectivity index (χ2n) is 4.64. The molecule has 0 radical (unpaired) electrons. The first-order valence-electron chi connectivity index (χ1n) is 6.10. The molecule has 1 amide bonds. The van der Waals surface area contributed by atoms with Gasteiger partial charge in [0.2, 0.25) is 0 Å². The van der Waals surface area contributed by atoms with Gasteiger partial charge in [0.25, 0.3) is 5.91 Å². The molecule has 1 aliphatic rings. The zero-order valence-corrected chi connectivity index (χ0v) is 13.8. The third-order valence-corrected chi connectivity index (χ3v) is 4.31. The van der Waals surface area contributed by atoms with E-state index in [1.54, 1.807) is 4.90 Å². The standard InChI is InChI=1S/C13H16Br2N2O2/c1-8(16)12-7-17(4-5-19-12)13(18)10-6-9(14)2-3-11(10)15/h2-3,6,8,12H,4-5,7,16H2,1H3. The highest BCUT2D eigenvalue weighted by atomic mass is 79.9. The second kappa shape index (κ2) is 6.35. The molecule has 6 heteroatoms. The molecule has 0 saturated carbocycles. The number of hydrogen-bond acceptors (Lipinski definition) is 3. The quantitative estimate of drug-likeness (QED) is 0.842. The first-order chi connectivity index (χ1) is 8.99. The molecule has 1 heterocycles. The van der Waals surface area contributed by atoms with Gasteiger partial charge in [-0.3, -0.25) is 4.79 Å². The summed E-state index contributed by atoms with van der Waals surface area (Å²) in [6, 6.07) is 5.50. The van der Waals surface area contributed by atoms with Gasteiger partial charge in [-0.05, 0) is 41.1 Å². The summed E-state index contributed by atoms with van der Waals surface area (Å²) in [5.74, 6) is 0.00197. The van der Waals surface area contributed by atoms with E-state index in [-0.39, 0.29) is 18.1 Å². The molecular formula is C13H16Br2N2O2. The molecule has 2 N–H and O–H groups in total. The van der Waals surface area contributed by atoms with Gasteiger partial charge in [0.05, 0.1) is 18.3 Å². The Kier molecular flexibility index (Phi) is 5.00. The number of ether oxygens (including phenoxy) is 1. The number of benzene rings is 1. The fraction of sp³-hybridized carbons (Fsp3) is 0.462. The summed E-state index contributed by atoms with van der Waals surface area (Å²) >= 11 is 6.80. The average molecular weight is 392 g/mol. The molecule has 0 bridgehead atoms. The smallest absolute Gasteiger partial charge is 0.255 e. The van der Waals surface area contributed by atoms with Crippen LogP contribution in [0.25, 0.3) is 0 Å².